The first-order chi connectivity index (χ1) is 9.35. The summed E-state index contributed by atoms with van der Waals surface area (Å²) in [5.74, 6) is -0.619. The van der Waals surface area contributed by atoms with Crippen LogP contribution in [0.2, 0.25) is 5.82 Å². The molecule has 0 aromatic rings. The maximum atomic E-state index is 13.1. The molecule has 1 aliphatic carbocycles. The summed E-state index contributed by atoms with van der Waals surface area (Å²) < 4.78 is 50.9. The lowest BCUT2D eigenvalue weighted by Crippen LogP contribution is -2.41. The summed E-state index contributed by atoms with van der Waals surface area (Å²) >= 11 is 0. The van der Waals surface area contributed by atoms with E-state index in [1.54, 1.807) is 0 Å². The Balaban J connectivity index is 2.27. The average Bonchev–Trinajstić information content (AvgIpc) is 2.45. The molecule has 1 atom stereocenters. The van der Waals surface area contributed by atoms with Gasteiger partial charge in [0, 0.05) is 17.1 Å². The quantitative estimate of drug-likeness (QED) is 0.753. The number of alkyl halides is 3. The highest BCUT2D eigenvalue weighted by Crippen LogP contribution is 2.47. The van der Waals surface area contributed by atoms with E-state index in [1.807, 2.05) is 27.7 Å². The van der Waals surface area contributed by atoms with Gasteiger partial charge in [0.15, 0.2) is 0 Å². The number of rotatable bonds is 1. The van der Waals surface area contributed by atoms with E-state index in [2.05, 4.69) is 0 Å². The Hall–Kier alpha value is -0.945. The van der Waals surface area contributed by atoms with Gasteiger partial charge in [-0.25, -0.2) is 0 Å². The van der Waals surface area contributed by atoms with Crippen molar-refractivity contribution in [3.8, 4) is 0 Å². The molecule has 0 amide bonds. The van der Waals surface area contributed by atoms with Gasteiger partial charge in [-0.1, -0.05) is 0 Å². The highest BCUT2D eigenvalue weighted by Gasteiger charge is 2.55. The minimum absolute atomic E-state index is 0.160. The third kappa shape index (κ3) is 2.86. The van der Waals surface area contributed by atoms with Crippen molar-refractivity contribution >= 4 is 7.12 Å². The van der Waals surface area contributed by atoms with Gasteiger partial charge >= 0.3 is 13.3 Å². The van der Waals surface area contributed by atoms with E-state index < -0.39 is 35.9 Å². The van der Waals surface area contributed by atoms with Crippen LogP contribution in [0.15, 0.2) is 22.9 Å². The summed E-state index contributed by atoms with van der Waals surface area (Å²) in [4.78, 5) is 0. The fraction of sp³-hybridized carbons (Fsp3) is 0.714. The van der Waals surface area contributed by atoms with Crippen LogP contribution < -0.4 is 5.73 Å². The molecule has 118 valence electrons. The van der Waals surface area contributed by atoms with Crippen molar-refractivity contribution < 1.29 is 22.5 Å². The van der Waals surface area contributed by atoms with Crippen molar-refractivity contribution in [2.75, 3.05) is 0 Å². The van der Waals surface area contributed by atoms with E-state index in [4.69, 9.17) is 15.0 Å². The Morgan fingerprint density at radius 3 is 2.10 bits per heavy atom. The molecule has 2 aliphatic rings. The van der Waals surface area contributed by atoms with E-state index >= 15 is 0 Å². The second-order valence-corrected chi connectivity index (χ2v) is 6.74. The lowest BCUT2D eigenvalue weighted by Gasteiger charge is -2.32. The Kier molecular flexibility index (Phi) is 3.74. The van der Waals surface area contributed by atoms with Gasteiger partial charge in [0.05, 0.1) is 11.2 Å². The molecule has 1 heterocycles. The summed E-state index contributed by atoms with van der Waals surface area (Å²) in [6.07, 6.45) is -3.19. The van der Waals surface area contributed by atoms with Crippen LogP contribution in [-0.2, 0) is 9.31 Å². The Bertz CT molecular complexity index is 493. The molecule has 1 saturated heterocycles. The molecule has 0 bridgehead atoms. The lowest BCUT2D eigenvalue weighted by atomic mass is 9.64. The van der Waals surface area contributed by atoms with Crippen LogP contribution in [0, 0.1) is 0 Å². The maximum absolute atomic E-state index is 13.1. The van der Waals surface area contributed by atoms with Gasteiger partial charge in [-0.3, -0.25) is 0 Å². The molecule has 3 nitrogen and oxygen atoms in total. The van der Waals surface area contributed by atoms with E-state index in [-0.39, 0.29) is 12.0 Å². The third-order valence-electron chi connectivity index (χ3n) is 4.65. The molecule has 1 fully saturated rings. The molecule has 2 N–H and O–H groups in total. The van der Waals surface area contributed by atoms with Crippen molar-refractivity contribution in [2.24, 2.45) is 5.73 Å². The lowest BCUT2D eigenvalue weighted by molar-refractivity contribution is -0.0949. The second kappa shape index (κ2) is 4.78. The maximum Gasteiger partial charge on any atom is 0.467 e. The Labute approximate surface area is 123 Å². The summed E-state index contributed by atoms with van der Waals surface area (Å²) in [7, 11) is -0.767. The molecular formula is C14H21BF3NO2. The first-order valence-electron chi connectivity index (χ1n) is 6.95. The number of halogens is 3. The smallest absolute Gasteiger partial charge is 0.403 e. The third-order valence-corrected chi connectivity index (χ3v) is 4.65. The predicted molar refractivity (Wildman–Crippen MR) is 75.5 cm³/mol. The molecule has 21 heavy (non-hydrogen) atoms. The van der Waals surface area contributed by atoms with Crippen LogP contribution in [0.3, 0.4) is 0 Å². The van der Waals surface area contributed by atoms with Gasteiger partial charge in [-0.15, -0.1) is 0 Å². The topological polar surface area (TPSA) is 44.5 Å². The SMILES string of the molecule is CC1=C(C(F)(F)F)CC(B2OC(C)(C)C(C)(C)O2)C(N)=C1. The average molecular weight is 303 g/mol. The van der Waals surface area contributed by atoms with Crippen molar-refractivity contribution in [1.29, 1.82) is 0 Å². The van der Waals surface area contributed by atoms with Gasteiger partial charge in [0.25, 0.3) is 0 Å². The molecule has 1 aliphatic heterocycles. The molecule has 2 rings (SSSR count). The fourth-order valence-electron chi connectivity index (χ4n) is 2.59. The van der Waals surface area contributed by atoms with E-state index in [0.717, 1.165) is 0 Å². The molecular weight excluding hydrogens is 282 g/mol. The highest BCUT2D eigenvalue weighted by molar-refractivity contribution is 6.48. The van der Waals surface area contributed by atoms with E-state index in [1.165, 1.54) is 13.0 Å². The molecule has 1 unspecified atom stereocenters. The zero-order chi connectivity index (χ0) is 16.2. The van der Waals surface area contributed by atoms with Crippen molar-refractivity contribution in [2.45, 2.75) is 64.2 Å². The normalized spacial score (nSPS) is 28.9. The van der Waals surface area contributed by atoms with Crippen molar-refractivity contribution in [1.82, 2.24) is 0 Å². The molecule has 0 saturated carbocycles. The summed E-state index contributed by atoms with van der Waals surface area (Å²) in [6.45, 7) is 8.88. The van der Waals surface area contributed by atoms with Crippen molar-refractivity contribution in [3.63, 3.8) is 0 Å². The van der Waals surface area contributed by atoms with Gasteiger partial charge < -0.3 is 15.0 Å². The first-order valence-corrected chi connectivity index (χ1v) is 6.95. The van der Waals surface area contributed by atoms with Gasteiger partial charge in [0.2, 0.25) is 0 Å². The van der Waals surface area contributed by atoms with Crippen LogP contribution >= 0.6 is 0 Å². The Morgan fingerprint density at radius 1 is 1.19 bits per heavy atom. The monoisotopic (exact) mass is 303 g/mol. The van der Waals surface area contributed by atoms with Gasteiger partial charge in [-0.05, 0) is 52.7 Å². The highest BCUT2D eigenvalue weighted by atomic mass is 19.4. The van der Waals surface area contributed by atoms with Crippen LogP contribution in [0.1, 0.15) is 41.0 Å². The number of hydrogen-bond acceptors (Lipinski definition) is 3. The largest absolute Gasteiger partial charge is 0.467 e. The van der Waals surface area contributed by atoms with E-state index in [9.17, 15) is 13.2 Å². The van der Waals surface area contributed by atoms with E-state index in [0.29, 0.717) is 5.70 Å². The van der Waals surface area contributed by atoms with Crippen LogP contribution in [0.4, 0.5) is 13.2 Å². The van der Waals surface area contributed by atoms with Crippen LogP contribution in [-0.4, -0.2) is 24.5 Å². The zero-order valence-corrected chi connectivity index (χ0v) is 13.0. The minimum Gasteiger partial charge on any atom is -0.403 e. The fourth-order valence-corrected chi connectivity index (χ4v) is 2.59. The zero-order valence-electron chi connectivity index (χ0n) is 13.0. The molecule has 7 heteroatoms. The Morgan fingerprint density at radius 2 is 1.67 bits per heavy atom. The van der Waals surface area contributed by atoms with Gasteiger partial charge in [0.1, 0.15) is 0 Å². The van der Waals surface area contributed by atoms with Crippen LogP contribution in [0.5, 0.6) is 0 Å². The number of hydrogen-bond donors (Lipinski definition) is 1. The molecule has 0 aromatic heterocycles. The first kappa shape index (κ1) is 16.4. The number of nitrogens with two attached hydrogens (primary N) is 1. The molecule has 0 aromatic carbocycles. The summed E-state index contributed by atoms with van der Waals surface area (Å²) in [5.41, 5.74) is 4.73. The predicted octanol–water partition coefficient (Wildman–Crippen LogP) is 3.57. The minimum atomic E-state index is -4.36. The number of allylic oxidation sites excluding steroid dienone is 4. The summed E-state index contributed by atoms with van der Waals surface area (Å²) in [5, 5.41) is 0. The van der Waals surface area contributed by atoms with Crippen LogP contribution in [0.25, 0.3) is 0 Å². The molecule has 0 radical (unpaired) electrons. The summed E-state index contributed by atoms with van der Waals surface area (Å²) in [6, 6.07) is 0. The molecule has 0 spiro atoms. The van der Waals surface area contributed by atoms with Gasteiger partial charge in [-0.2, -0.15) is 13.2 Å². The second-order valence-electron chi connectivity index (χ2n) is 6.74. The standard InChI is InChI=1S/C14H21BF3NO2/c1-8-6-11(19)10(7-9(8)14(16,17)18)15-20-12(2,3)13(4,5)21-15/h6,10H,7,19H2,1-5H3. The van der Waals surface area contributed by atoms with Crippen molar-refractivity contribution in [3.05, 3.63) is 22.9 Å².